The zero-order chi connectivity index (χ0) is 23.8. The van der Waals surface area contributed by atoms with Crippen molar-refractivity contribution in [2.75, 3.05) is 5.32 Å². The molecule has 0 aliphatic heterocycles. The predicted molar refractivity (Wildman–Crippen MR) is 122 cm³/mol. The number of anilines is 1. The van der Waals surface area contributed by atoms with Crippen LogP contribution in [0.15, 0.2) is 73.1 Å². The van der Waals surface area contributed by atoms with Gasteiger partial charge in [-0.1, -0.05) is 29.8 Å². The van der Waals surface area contributed by atoms with Crippen molar-refractivity contribution >= 4 is 29.3 Å². The summed E-state index contributed by atoms with van der Waals surface area (Å²) in [5.41, 5.74) is 6.84. The van der Waals surface area contributed by atoms with Gasteiger partial charge in [0.05, 0.1) is 11.3 Å². The van der Waals surface area contributed by atoms with E-state index in [9.17, 15) is 19.2 Å². The first-order valence-corrected chi connectivity index (χ1v) is 10.1. The fourth-order valence-electron chi connectivity index (χ4n) is 2.83. The summed E-state index contributed by atoms with van der Waals surface area (Å²) in [5.74, 6) is -2.06. The SMILES string of the molecule is Cc1ccc(C(=O)Nc2ccccc2C(=O)N[C@@H](C)C(=O)NNC(=O)c2ccncc2)cc1. The first-order chi connectivity index (χ1) is 15.8. The number of rotatable bonds is 6. The van der Waals surface area contributed by atoms with Gasteiger partial charge in [0.15, 0.2) is 0 Å². The van der Waals surface area contributed by atoms with Gasteiger partial charge in [0.1, 0.15) is 6.04 Å². The van der Waals surface area contributed by atoms with Gasteiger partial charge >= 0.3 is 0 Å². The highest BCUT2D eigenvalue weighted by atomic mass is 16.2. The number of hydrazine groups is 1. The summed E-state index contributed by atoms with van der Waals surface area (Å²) in [6.45, 7) is 3.39. The summed E-state index contributed by atoms with van der Waals surface area (Å²) >= 11 is 0. The number of aromatic nitrogens is 1. The number of para-hydroxylation sites is 1. The third kappa shape index (κ3) is 6.23. The molecule has 168 valence electrons. The average Bonchev–Trinajstić information content (AvgIpc) is 2.83. The van der Waals surface area contributed by atoms with Crippen LogP contribution in [0, 0.1) is 6.92 Å². The van der Waals surface area contributed by atoms with Crippen LogP contribution in [0.5, 0.6) is 0 Å². The first-order valence-electron chi connectivity index (χ1n) is 10.1. The van der Waals surface area contributed by atoms with Crippen molar-refractivity contribution in [1.82, 2.24) is 21.2 Å². The van der Waals surface area contributed by atoms with Gasteiger partial charge in [0, 0.05) is 23.5 Å². The Morgan fingerprint density at radius 3 is 2.09 bits per heavy atom. The first kappa shape index (κ1) is 23.1. The molecule has 0 unspecified atom stereocenters. The third-order valence-electron chi connectivity index (χ3n) is 4.72. The van der Waals surface area contributed by atoms with E-state index in [4.69, 9.17) is 0 Å². The summed E-state index contributed by atoms with van der Waals surface area (Å²) in [7, 11) is 0. The quantitative estimate of drug-likeness (QED) is 0.433. The summed E-state index contributed by atoms with van der Waals surface area (Å²) in [4.78, 5) is 53.4. The molecule has 0 saturated heterocycles. The van der Waals surface area contributed by atoms with E-state index in [1.54, 1.807) is 30.3 Å². The van der Waals surface area contributed by atoms with Crippen LogP contribution in [0.25, 0.3) is 0 Å². The van der Waals surface area contributed by atoms with Crippen LogP contribution in [0.3, 0.4) is 0 Å². The highest BCUT2D eigenvalue weighted by molar-refractivity contribution is 6.09. The van der Waals surface area contributed by atoms with Crippen molar-refractivity contribution < 1.29 is 19.2 Å². The summed E-state index contributed by atoms with van der Waals surface area (Å²) < 4.78 is 0. The molecule has 3 rings (SSSR count). The number of hydrogen-bond acceptors (Lipinski definition) is 5. The topological polar surface area (TPSA) is 129 Å². The second-order valence-corrected chi connectivity index (χ2v) is 7.24. The van der Waals surface area contributed by atoms with Gasteiger partial charge in [-0.05, 0) is 50.2 Å². The van der Waals surface area contributed by atoms with Gasteiger partial charge in [-0.25, -0.2) is 0 Å². The number of aryl methyl sites for hydroxylation is 1. The molecule has 4 N–H and O–H groups in total. The lowest BCUT2D eigenvalue weighted by Crippen LogP contribution is -2.51. The molecule has 2 aromatic carbocycles. The summed E-state index contributed by atoms with van der Waals surface area (Å²) in [6, 6.07) is 15.5. The van der Waals surface area contributed by atoms with Gasteiger partial charge in [-0.3, -0.25) is 35.0 Å². The van der Waals surface area contributed by atoms with Gasteiger partial charge in [-0.15, -0.1) is 0 Å². The second-order valence-electron chi connectivity index (χ2n) is 7.24. The van der Waals surface area contributed by atoms with E-state index >= 15 is 0 Å². The smallest absolute Gasteiger partial charge is 0.269 e. The lowest BCUT2D eigenvalue weighted by Gasteiger charge is -2.16. The fourth-order valence-corrected chi connectivity index (χ4v) is 2.83. The number of hydrogen-bond donors (Lipinski definition) is 4. The van der Waals surface area contributed by atoms with Crippen molar-refractivity contribution in [3.8, 4) is 0 Å². The van der Waals surface area contributed by atoms with Crippen LogP contribution in [-0.2, 0) is 4.79 Å². The lowest BCUT2D eigenvalue weighted by atomic mass is 10.1. The van der Waals surface area contributed by atoms with Crippen molar-refractivity contribution in [3.63, 3.8) is 0 Å². The minimum atomic E-state index is -0.962. The Balaban J connectivity index is 1.60. The molecular formula is C24H23N5O4. The van der Waals surface area contributed by atoms with Crippen LogP contribution in [0.2, 0.25) is 0 Å². The summed E-state index contributed by atoms with van der Waals surface area (Å²) in [5, 5.41) is 5.28. The van der Waals surface area contributed by atoms with Crippen LogP contribution in [0.1, 0.15) is 43.6 Å². The molecule has 0 spiro atoms. The fraction of sp³-hybridized carbons (Fsp3) is 0.125. The number of carbonyl (C=O) groups is 4. The van der Waals surface area contributed by atoms with Crippen molar-refractivity contribution in [1.29, 1.82) is 0 Å². The van der Waals surface area contributed by atoms with Crippen LogP contribution in [0.4, 0.5) is 5.69 Å². The van der Waals surface area contributed by atoms with Crippen LogP contribution < -0.4 is 21.5 Å². The number of pyridine rings is 1. The molecule has 0 radical (unpaired) electrons. The molecule has 4 amide bonds. The molecule has 0 bridgehead atoms. The van der Waals surface area contributed by atoms with Crippen LogP contribution in [-0.4, -0.2) is 34.7 Å². The van der Waals surface area contributed by atoms with E-state index in [1.807, 2.05) is 19.1 Å². The molecule has 9 heteroatoms. The maximum Gasteiger partial charge on any atom is 0.269 e. The molecule has 0 aliphatic carbocycles. The molecular weight excluding hydrogens is 422 g/mol. The van der Waals surface area contributed by atoms with Crippen molar-refractivity contribution in [3.05, 3.63) is 95.3 Å². The molecule has 1 atom stereocenters. The van der Waals surface area contributed by atoms with Crippen molar-refractivity contribution in [2.45, 2.75) is 19.9 Å². The maximum absolute atomic E-state index is 12.8. The number of nitrogens with zero attached hydrogens (tertiary/aromatic N) is 1. The minimum absolute atomic E-state index is 0.193. The average molecular weight is 445 g/mol. The van der Waals surface area contributed by atoms with Gasteiger partial charge in [-0.2, -0.15) is 0 Å². The largest absolute Gasteiger partial charge is 0.340 e. The van der Waals surface area contributed by atoms with E-state index in [1.165, 1.54) is 37.5 Å². The predicted octanol–water partition coefficient (Wildman–Crippen LogP) is 2.22. The third-order valence-corrected chi connectivity index (χ3v) is 4.72. The zero-order valence-corrected chi connectivity index (χ0v) is 18.1. The number of carbonyl (C=O) groups excluding carboxylic acids is 4. The maximum atomic E-state index is 12.8. The number of benzene rings is 2. The van der Waals surface area contributed by atoms with Crippen LogP contribution >= 0.6 is 0 Å². The van der Waals surface area contributed by atoms with E-state index in [2.05, 4.69) is 26.5 Å². The molecule has 0 aliphatic rings. The Morgan fingerprint density at radius 2 is 1.39 bits per heavy atom. The molecule has 0 fully saturated rings. The van der Waals surface area contributed by atoms with E-state index in [-0.39, 0.29) is 11.5 Å². The highest BCUT2D eigenvalue weighted by Crippen LogP contribution is 2.17. The molecule has 33 heavy (non-hydrogen) atoms. The Kier molecular flexibility index (Phi) is 7.48. The Hall–Kier alpha value is -4.53. The number of amides is 4. The molecule has 1 aromatic heterocycles. The summed E-state index contributed by atoms with van der Waals surface area (Å²) in [6.07, 6.45) is 2.91. The standard InChI is InChI=1S/C24H23N5O4/c1-15-7-9-17(10-8-15)22(31)27-20-6-4-3-5-19(20)24(33)26-16(2)21(30)28-29-23(32)18-11-13-25-14-12-18/h3-14,16H,1-2H3,(H,26,33)(H,27,31)(H,28,30)(H,29,32)/t16-/m0/s1. The molecule has 0 saturated carbocycles. The Bertz CT molecular complexity index is 1160. The lowest BCUT2D eigenvalue weighted by molar-refractivity contribution is -0.123. The van der Waals surface area contributed by atoms with E-state index in [0.717, 1.165) is 5.56 Å². The Labute approximate surface area is 190 Å². The zero-order valence-electron chi connectivity index (χ0n) is 18.1. The van der Waals surface area contributed by atoms with Crippen molar-refractivity contribution in [2.24, 2.45) is 0 Å². The van der Waals surface area contributed by atoms with Gasteiger partial charge < -0.3 is 10.6 Å². The van der Waals surface area contributed by atoms with E-state index < -0.39 is 23.8 Å². The monoisotopic (exact) mass is 445 g/mol. The van der Waals surface area contributed by atoms with Gasteiger partial charge in [0.2, 0.25) is 0 Å². The Morgan fingerprint density at radius 1 is 0.758 bits per heavy atom. The second kappa shape index (κ2) is 10.7. The normalized spacial score (nSPS) is 11.1. The van der Waals surface area contributed by atoms with Gasteiger partial charge in [0.25, 0.3) is 23.6 Å². The molecule has 1 heterocycles. The molecule has 3 aromatic rings. The molecule has 9 nitrogen and oxygen atoms in total. The van der Waals surface area contributed by atoms with E-state index in [0.29, 0.717) is 16.8 Å². The number of nitrogens with one attached hydrogen (secondary N) is 4. The minimum Gasteiger partial charge on any atom is -0.340 e. The highest BCUT2D eigenvalue weighted by Gasteiger charge is 2.20.